The van der Waals surface area contributed by atoms with Crippen molar-refractivity contribution in [1.82, 2.24) is 4.57 Å². The zero-order chi connectivity index (χ0) is 49.6. The Hall–Kier alpha value is -7.91. The molecule has 0 saturated carbocycles. The van der Waals surface area contributed by atoms with E-state index in [4.69, 9.17) is 11.6 Å². The van der Waals surface area contributed by atoms with Crippen LogP contribution < -0.4 is 4.90 Å². The first-order valence-electron chi connectivity index (χ1n) is 25.1. The summed E-state index contributed by atoms with van der Waals surface area (Å²) in [6, 6.07) is 90.3. The maximum Gasteiger partial charge on any atom is 0.119 e. The Morgan fingerprint density at radius 1 is 0.333 bits per heavy atom. The van der Waals surface area contributed by atoms with Crippen molar-refractivity contribution in [1.29, 1.82) is 0 Å². The lowest BCUT2D eigenvalue weighted by Crippen LogP contribution is -2.23. The van der Waals surface area contributed by atoms with Crippen LogP contribution in [0.1, 0.15) is 69.4 Å². The third-order valence-corrected chi connectivity index (χ3v) is 15.0. The van der Waals surface area contributed by atoms with Gasteiger partial charge in [-0.1, -0.05) is 230 Å². The summed E-state index contributed by atoms with van der Waals surface area (Å²) in [5, 5.41) is 2.51. The number of para-hydroxylation sites is 1. The van der Waals surface area contributed by atoms with Crippen molar-refractivity contribution in [3.63, 3.8) is 0 Å². The average molecular weight is 952 g/mol. The van der Waals surface area contributed by atoms with Gasteiger partial charge in [0.2, 0.25) is 0 Å². The molecule has 0 saturated heterocycles. The van der Waals surface area contributed by atoms with Crippen molar-refractivity contribution >= 4 is 50.5 Å². The molecule has 72 heavy (non-hydrogen) atoms. The zero-order valence-corrected chi connectivity index (χ0v) is 42.7. The van der Waals surface area contributed by atoms with Gasteiger partial charge in [0.25, 0.3) is 0 Å². The first-order valence-corrected chi connectivity index (χ1v) is 25.5. The molecule has 0 aliphatic carbocycles. The van der Waals surface area contributed by atoms with Gasteiger partial charge in [0.1, 0.15) is 4.87 Å². The molecule has 0 spiro atoms. The number of hydrogen-bond acceptors (Lipinski definition) is 1. The Bertz CT molecular complexity index is 3530. The van der Waals surface area contributed by atoms with Crippen molar-refractivity contribution in [2.45, 2.75) is 57.2 Å². The van der Waals surface area contributed by atoms with E-state index in [1.165, 1.54) is 32.9 Å². The molecular formula is C69H59ClN2. The van der Waals surface area contributed by atoms with Gasteiger partial charge in [-0.2, -0.15) is 0 Å². The molecule has 0 radical (unpaired) electrons. The summed E-state index contributed by atoms with van der Waals surface area (Å²) >= 11 is 8.36. The molecule has 11 rings (SSSR count). The Morgan fingerprint density at radius 3 is 1.25 bits per heavy atom. The molecule has 11 aromatic rings. The third kappa shape index (κ3) is 8.61. The van der Waals surface area contributed by atoms with Crippen molar-refractivity contribution in [2.24, 2.45) is 0 Å². The minimum absolute atomic E-state index is 0.0119. The van der Waals surface area contributed by atoms with Crippen LogP contribution >= 0.6 is 11.6 Å². The van der Waals surface area contributed by atoms with Gasteiger partial charge >= 0.3 is 0 Å². The van der Waals surface area contributed by atoms with Gasteiger partial charge < -0.3 is 9.47 Å². The number of halogens is 1. The van der Waals surface area contributed by atoms with Gasteiger partial charge in [0.05, 0.1) is 16.7 Å². The number of alkyl halides is 1. The number of aromatic nitrogens is 1. The van der Waals surface area contributed by atoms with Crippen LogP contribution in [-0.4, -0.2) is 4.57 Å². The molecule has 0 aliphatic heterocycles. The first-order chi connectivity index (χ1) is 34.9. The van der Waals surface area contributed by atoms with Crippen LogP contribution in [0.5, 0.6) is 0 Å². The second-order valence-electron chi connectivity index (χ2n) is 21.1. The van der Waals surface area contributed by atoms with Crippen molar-refractivity contribution in [2.75, 3.05) is 4.90 Å². The Balaban J connectivity index is 1.25. The second-order valence-corrected chi connectivity index (χ2v) is 21.7. The normalized spacial score (nSPS) is 12.1. The molecule has 0 aliphatic rings. The number of fused-ring (bicyclic) bond motifs is 3. The molecule has 0 amide bonds. The highest BCUT2D eigenvalue weighted by atomic mass is 35.5. The predicted molar refractivity (Wildman–Crippen MR) is 308 cm³/mol. The van der Waals surface area contributed by atoms with Gasteiger partial charge in [-0.05, 0) is 122 Å². The van der Waals surface area contributed by atoms with E-state index in [0.29, 0.717) is 0 Å². The van der Waals surface area contributed by atoms with E-state index >= 15 is 0 Å². The SMILES string of the molecule is CC(C)(C)c1ccc2c(c1)c1cc(C(C)(C)C)ccc1n2-c1cccc(N(c2cc(-c3ccccc3)cc(C(Cl)(c3ccccc3)c3ccccc3)c2)c2c(-c3ccccc3)cccc2-c2ccccc2)c1. The molecule has 3 heteroatoms. The van der Waals surface area contributed by atoms with E-state index in [2.05, 4.69) is 300 Å². The van der Waals surface area contributed by atoms with Gasteiger partial charge in [0.15, 0.2) is 0 Å². The summed E-state index contributed by atoms with van der Waals surface area (Å²) in [5.74, 6) is 0. The molecule has 0 fully saturated rings. The van der Waals surface area contributed by atoms with Crippen molar-refractivity contribution < 1.29 is 0 Å². The Kier molecular flexibility index (Phi) is 12.1. The third-order valence-electron chi connectivity index (χ3n) is 14.3. The Morgan fingerprint density at radius 2 is 0.778 bits per heavy atom. The number of rotatable bonds is 10. The highest BCUT2D eigenvalue weighted by molar-refractivity contribution is 6.28. The van der Waals surface area contributed by atoms with E-state index in [-0.39, 0.29) is 10.8 Å². The van der Waals surface area contributed by atoms with E-state index in [1.54, 1.807) is 0 Å². The second kappa shape index (κ2) is 18.7. The molecule has 0 unspecified atom stereocenters. The summed E-state index contributed by atoms with van der Waals surface area (Å²) in [6.07, 6.45) is 0. The highest BCUT2D eigenvalue weighted by Gasteiger charge is 2.36. The van der Waals surface area contributed by atoms with Crippen LogP contribution in [0.4, 0.5) is 17.1 Å². The van der Waals surface area contributed by atoms with Gasteiger partial charge in [-0.25, -0.2) is 0 Å². The lowest BCUT2D eigenvalue weighted by atomic mass is 9.82. The van der Waals surface area contributed by atoms with Crippen LogP contribution in [0.2, 0.25) is 0 Å². The summed E-state index contributed by atoms with van der Waals surface area (Å²) in [5.41, 5.74) is 18.7. The molecule has 0 N–H and O–H groups in total. The fourth-order valence-electron chi connectivity index (χ4n) is 10.5. The molecule has 1 heterocycles. The summed E-state index contributed by atoms with van der Waals surface area (Å²) in [6.45, 7) is 13.8. The maximum atomic E-state index is 8.36. The van der Waals surface area contributed by atoms with E-state index in [9.17, 15) is 0 Å². The predicted octanol–water partition coefficient (Wildman–Crippen LogP) is 19.4. The summed E-state index contributed by atoms with van der Waals surface area (Å²) in [7, 11) is 0. The van der Waals surface area contributed by atoms with Crippen LogP contribution in [0.15, 0.2) is 249 Å². The van der Waals surface area contributed by atoms with Crippen molar-refractivity contribution in [3.05, 3.63) is 277 Å². The minimum Gasteiger partial charge on any atom is -0.309 e. The monoisotopic (exact) mass is 950 g/mol. The van der Waals surface area contributed by atoms with Crippen LogP contribution in [0.3, 0.4) is 0 Å². The van der Waals surface area contributed by atoms with Crippen molar-refractivity contribution in [3.8, 4) is 39.1 Å². The minimum atomic E-state index is -1.04. The van der Waals surface area contributed by atoms with Crippen LogP contribution in [-0.2, 0) is 15.7 Å². The van der Waals surface area contributed by atoms with Crippen LogP contribution in [0.25, 0.3) is 60.9 Å². The molecule has 1 aromatic heterocycles. The number of hydrogen-bond donors (Lipinski definition) is 0. The quantitative estimate of drug-likeness (QED) is 0.0980. The lowest BCUT2D eigenvalue weighted by molar-refractivity contribution is 0.590. The Labute approximate surface area is 430 Å². The lowest BCUT2D eigenvalue weighted by Gasteiger charge is -2.34. The zero-order valence-electron chi connectivity index (χ0n) is 41.9. The maximum absolute atomic E-state index is 8.36. The van der Waals surface area contributed by atoms with E-state index < -0.39 is 4.87 Å². The summed E-state index contributed by atoms with van der Waals surface area (Å²) in [4.78, 5) is 1.44. The highest BCUT2D eigenvalue weighted by Crippen LogP contribution is 2.51. The van der Waals surface area contributed by atoms with Gasteiger partial charge in [0, 0.05) is 39.0 Å². The molecule has 352 valence electrons. The number of anilines is 3. The van der Waals surface area contributed by atoms with E-state index in [0.717, 1.165) is 72.8 Å². The first kappa shape index (κ1) is 46.5. The largest absolute Gasteiger partial charge is 0.309 e. The number of nitrogens with zero attached hydrogens (tertiary/aromatic N) is 2. The topological polar surface area (TPSA) is 8.17 Å². The fraction of sp³-hybridized carbons (Fsp3) is 0.130. The fourth-order valence-corrected chi connectivity index (χ4v) is 10.8. The average Bonchev–Trinajstić information content (AvgIpc) is 3.75. The smallest absolute Gasteiger partial charge is 0.119 e. The van der Waals surface area contributed by atoms with Gasteiger partial charge in [-0.3, -0.25) is 0 Å². The molecule has 0 bridgehead atoms. The van der Waals surface area contributed by atoms with Gasteiger partial charge in [-0.15, -0.1) is 11.6 Å². The molecule has 2 nitrogen and oxygen atoms in total. The molecule has 0 atom stereocenters. The van der Waals surface area contributed by atoms with Crippen LogP contribution in [0, 0.1) is 0 Å². The molecule has 10 aromatic carbocycles. The van der Waals surface area contributed by atoms with E-state index in [1.807, 2.05) is 0 Å². The number of benzene rings is 10. The standard InChI is InChI=1S/C69H59ClN2/c1-67(2,3)54-38-40-64-62(45-54)63-46-55(68(4,5)6)39-41-65(63)72(64)58-35-22-34-57(47-58)71(66-60(49-26-14-8-15-27-49)36-23-37-61(66)50-28-16-9-17-29-50)59-43-51(48-24-12-7-13-25-48)42-56(44-59)69(70,52-30-18-10-19-31-52)53-32-20-11-21-33-53/h7-47H,1-6H3. The summed E-state index contributed by atoms with van der Waals surface area (Å²) < 4.78 is 2.47. The molecular weight excluding hydrogens is 892 g/mol.